The molecule has 0 aliphatic heterocycles. The molecular weight excluding hydrogens is 274 g/mol. The van der Waals surface area contributed by atoms with Crippen molar-refractivity contribution in [3.63, 3.8) is 0 Å². The fourth-order valence-corrected chi connectivity index (χ4v) is 2.05. The second-order valence-corrected chi connectivity index (χ2v) is 4.89. The topological polar surface area (TPSA) is 101 Å². The van der Waals surface area contributed by atoms with Crippen LogP contribution >= 0.6 is 0 Å². The summed E-state index contributed by atoms with van der Waals surface area (Å²) in [7, 11) is 1.47. The molecule has 0 radical (unpaired) electrons. The number of carbonyl (C=O) groups is 2. The van der Waals surface area contributed by atoms with Gasteiger partial charge in [0.05, 0.1) is 12.5 Å². The van der Waals surface area contributed by atoms with Gasteiger partial charge in [-0.05, 0) is 19.8 Å². The van der Waals surface area contributed by atoms with Gasteiger partial charge in [0.15, 0.2) is 0 Å². The second-order valence-electron chi connectivity index (χ2n) is 4.89. The van der Waals surface area contributed by atoms with Crippen LogP contribution in [-0.4, -0.2) is 34.1 Å². The van der Waals surface area contributed by atoms with E-state index in [2.05, 4.69) is 15.3 Å². The molecule has 21 heavy (non-hydrogen) atoms. The summed E-state index contributed by atoms with van der Waals surface area (Å²) in [6.45, 7) is 5.27. The molecule has 1 rings (SSSR count). The Morgan fingerprint density at radius 1 is 1.33 bits per heavy atom. The van der Waals surface area contributed by atoms with Crippen molar-refractivity contribution in [3.8, 4) is 5.88 Å². The normalized spacial score (nSPS) is 11.0. The van der Waals surface area contributed by atoms with Gasteiger partial charge < -0.3 is 9.84 Å². The fourth-order valence-electron chi connectivity index (χ4n) is 2.05. The number of aryl methyl sites for hydroxylation is 1. The molecule has 0 fully saturated rings. The third kappa shape index (κ3) is 4.14. The summed E-state index contributed by atoms with van der Waals surface area (Å²) in [5.41, 5.74) is -0.412. The third-order valence-electron chi connectivity index (χ3n) is 3.60. The Kier molecular flexibility index (Phi) is 5.63. The quantitative estimate of drug-likeness (QED) is 0.798. The van der Waals surface area contributed by atoms with E-state index in [4.69, 9.17) is 4.74 Å². The van der Waals surface area contributed by atoms with Gasteiger partial charge in [-0.15, -0.1) is 0 Å². The van der Waals surface area contributed by atoms with Crippen LogP contribution in [-0.2, 0) is 9.59 Å². The number of hydrogen-bond donors (Lipinski definition) is 2. The maximum atomic E-state index is 12.1. The van der Waals surface area contributed by atoms with Crippen LogP contribution in [0.15, 0.2) is 6.07 Å². The smallest absolute Gasteiger partial charge is 0.310 e. The molecule has 0 bridgehead atoms. The molecule has 0 saturated heterocycles. The lowest BCUT2D eigenvalue weighted by molar-refractivity contribution is -0.151. The average molecular weight is 295 g/mol. The predicted octanol–water partition coefficient (Wildman–Crippen LogP) is 2.01. The zero-order valence-electron chi connectivity index (χ0n) is 12.8. The third-order valence-corrected chi connectivity index (χ3v) is 3.60. The highest BCUT2D eigenvalue weighted by Crippen LogP contribution is 2.31. The van der Waals surface area contributed by atoms with Crippen LogP contribution in [0.1, 0.15) is 38.8 Å². The number of carboxylic acid groups (broad SMARTS) is 1. The molecular formula is C14H21N3O4. The van der Waals surface area contributed by atoms with Crippen molar-refractivity contribution >= 4 is 17.8 Å². The van der Waals surface area contributed by atoms with Gasteiger partial charge in [0.1, 0.15) is 0 Å². The Hall–Kier alpha value is -2.18. The first-order valence-electron chi connectivity index (χ1n) is 6.79. The van der Waals surface area contributed by atoms with E-state index < -0.39 is 17.3 Å². The minimum atomic E-state index is -1.06. The van der Waals surface area contributed by atoms with Crippen molar-refractivity contribution in [2.45, 2.75) is 40.0 Å². The minimum absolute atomic E-state index is 0.114. The van der Waals surface area contributed by atoms with Crippen molar-refractivity contribution in [1.82, 2.24) is 9.97 Å². The number of aliphatic carboxylic acids is 1. The Labute approximate surface area is 123 Å². The van der Waals surface area contributed by atoms with Gasteiger partial charge in [0, 0.05) is 18.2 Å². The molecule has 0 aromatic carbocycles. The van der Waals surface area contributed by atoms with Crippen LogP contribution in [0.5, 0.6) is 5.88 Å². The van der Waals surface area contributed by atoms with Gasteiger partial charge in [0.2, 0.25) is 17.7 Å². The first kappa shape index (κ1) is 16.9. The highest BCUT2D eigenvalue weighted by atomic mass is 16.5. The monoisotopic (exact) mass is 295 g/mol. The first-order chi connectivity index (χ1) is 9.86. The van der Waals surface area contributed by atoms with E-state index in [1.807, 2.05) is 0 Å². The molecule has 7 heteroatoms. The van der Waals surface area contributed by atoms with Crippen molar-refractivity contribution in [2.75, 3.05) is 12.4 Å². The number of carboxylic acids is 1. The van der Waals surface area contributed by atoms with E-state index in [9.17, 15) is 14.7 Å². The summed E-state index contributed by atoms with van der Waals surface area (Å²) in [6, 6.07) is 1.63. The number of nitrogens with zero attached hydrogens (tertiary/aromatic N) is 2. The van der Waals surface area contributed by atoms with Crippen molar-refractivity contribution in [2.24, 2.45) is 5.41 Å². The molecule has 116 valence electrons. The molecule has 1 aromatic rings. The highest BCUT2D eigenvalue weighted by molar-refractivity contribution is 5.93. The summed E-state index contributed by atoms with van der Waals surface area (Å²) in [5, 5.41) is 11.9. The summed E-state index contributed by atoms with van der Waals surface area (Å²) in [4.78, 5) is 31.5. The van der Waals surface area contributed by atoms with E-state index >= 15 is 0 Å². The molecule has 0 atom stereocenters. The lowest BCUT2D eigenvalue weighted by atomic mass is 9.79. The number of methoxy groups -OCH3 is 1. The van der Waals surface area contributed by atoms with Crippen LogP contribution in [0.2, 0.25) is 0 Å². The lowest BCUT2D eigenvalue weighted by Gasteiger charge is -2.25. The van der Waals surface area contributed by atoms with Crippen molar-refractivity contribution in [1.29, 1.82) is 0 Å². The lowest BCUT2D eigenvalue weighted by Crippen LogP contribution is -2.34. The fraction of sp³-hybridized carbons (Fsp3) is 0.571. The molecule has 0 aliphatic rings. The summed E-state index contributed by atoms with van der Waals surface area (Å²) in [5.74, 6) is -0.934. The van der Waals surface area contributed by atoms with Crippen LogP contribution < -0.4 is 10.1 Å². The van der Waals surface area contributed by atoms with Crippen LogP contribution in [0.4, 0.5) is 5.95 Å². The van der Waals surface area contributed by atoms with E-state index in [1.54, 1.807) is 26.8 Å². The highest BCUT2D eigenvalue weighted by Gasteiger charge is 2.37. The average Bonchev–Trinajstić information content (AvgIpc) is 2.43. The second kappa shape index (κ2) is 7.01. The Bertz CT molecular complexity index is 527. The zero-order chi connectivity index (χ0) is 16.0. The number of rotatable bonds is 7. The van der Waals surface area contributed by atoms with Gasteiger partial charge in [-0.3, -0.25) is 14.9 Å². The van der Waals surface area contributed by atoms with Crippen LogP contribution in [0.25, 0.3) is 0 Å². The van der Waals surface area contributed by atoms with E-state index in [0.717, 1.165) is 0 Å². The first-order valence-corrected chi connectivity index (χ1v) is 6.79. The van der Waals surface area contributed by atoms with Gasteiger partial charge in [-0.25, -0.2) is 4.98 Å². The SMILES string of the molecule is CCC(CC)(CC(=O)Nc1nc(C)cc(OC)n1)C(=O)O. The number of aromatic nitrogens is 2. The minimum Gasteiger partial charge on any atom is -0.481 e. The van der Waals surface area contributed by atoms with Crippen LogP contribution in [0, 0.1) is 12.3 Å². The molecule has 1 aromatic heterocycles. The number of ether oxygens (including phenoxy) is 1. The molecule has 0 spiro atoms. The van der Waals surface area contributed by atoms with Crippen molar-refractivity contribution < 1.29 is 19.4 Å². The summed E-state index contributed by atoms with van der Waals surface area (Å²) in [6.07, 6.45) is 0.642. The van der Waals surface area contributed by atoms with Gasteiger partial charge in [-0.1, -0.05) is 13.8 Å². The molecule has 0 aliphatic carbocycles. The molecule has 0 saturated carbocycles. The standard InChI is InChI=1S/C14H21N3O4/c1-5-14(6-2,12(19)20)8-10(18)16-13-15-9(3)7-11(17-13)21-4/h7H,5-6,8H2,1-4H3,(H,19,20)(H,15,16,17,18). The summed E-state index contributed by atoms with van der Waals surface area (Å²) < 4.78 is 5.00. The molecule has 1 amide bonds. The summed E-state index contributed by atoms with van der Waals surface area (Å²) >= 11 is 0. The van der Waals surface area contributed by atoms with Crippen molar-refractivity contribution in [3.05, 3.63) is 11.8 Å². The van der Waals surface area contributed by atoms with E-state index in [1.165, 1.54) is 7.11 Å². The maximum Gasteiger partial charge on any atom is 0.310 e. The molecule has 2 N–H and O–H groups in total. The zero-order valence-corrected chi connectivity index (χ0v) is 12.8. The largest absolute Gasteiger partial charge is 0.481 e. The van der Waals surface area contributed by atoms with Gasteiger partial charge >= 0.3 is 5.97 Å². The Morgan fingerprint density at radius 3 is 2.43 bits per heavy atom. The number of carbonyl (C=O) groups excluding carboxylic acids is 1. The van der Waals surface area contributed by atoms with Gasteiger partial charge in [0.25, 0.3) is 0 Å². The van der Waals surface area contributed by atoms with Gasteiger partial charge in [-0.2, -0.15) is 4.98 Å². The number of amides is 1. The number of anilines is 1. The molecule has 7 nitrogen and oxygen atoms in total. The number of nitrogens with one attached hydrogen (secondary N) is 1. The Morgan fingerprint density at radius 2 is 1.95 bits per heavy atom. The number of hydrogen-bond acceptors (Lipinski definition) is 5. The van der Waals surface area contributed by atoms with Crippen LogP contribution in [0.3, 0.4) is 0 Å². The maximum absolute atomic E-state index is 12.1. The Balaban J connectivity index is 2.86. The predicted molar refractivity (Wildman–Crippen MR) is 77.2 cm³/mol. The molecule has 0 unspecified atom stereocenters. The van der Waals surface area contributed by atoms with E-state index in [0.29, 0.717) is 24.4 Å². The molecule has 1 heterocycles. The van der Waals surface area contributed by atoms with E-state index in [-0.39, 0.29) is 12.4 Å².